The van der Waals surface area contributed by atoms with Crippen molar-refractivity contribution in [3.05, 3.63) is 28.2 Å². The molecule has 0 radical (unpaired) electrons. The van der Waals surface area contributed by atoms with Gasteiger partial charge in [0.1, 0.15) is 12.4 Å². The molecular weight excluding hydrogens is 242 g/mol. The quantitative estimate of drug-likeness (QED) is 0.820. The van der Waals surface area contributed by atoms with Crippen molar-refractivity contribution < 1.29 is 4.74 Å². The Morgan fingerprint density at radius 1 is 1.43 bits per heavy atom. The van der Waals surface area contributed by atoms with Crippen LogP contribution in [0.3, 0.4) is 0 Å². The van der Waals surface area contributed by atoms with Crippen molar-refractivity contribution in [1.82, 2.24) is 5.32 Å². The maximum atomic E-state index is 5.61. The van der Waals surface area contributed by atoms with E-state index in [0.29, 0.717) is 6.61 Å². The largest absolute Gasteiger partial charge is 0.491 e. The predicted molar refractivity (Wildman–Crippen MR) is 62.9 cm³/mol. The number of rotatable bonds is 5. The summed E-state index contributed by atoms with van der Waals surface area (Å²) in [6.45, 7) is 6.72. The Labute approximate surface area is 93.8 Å². The molecule has 0 heterocycles. The maximum absolute atomic E-state index is 5.61. The van der Waals surface area contributed by atoms with Crippen LogP contribution >= 0.6 is 15.9 Å². The van der Waals surface area contributed by atoms with Gasteiger partial charge in [0.2, 0.25) is 0 Å². The van der Waals surface area contributed by atoms with E-state index < -0.39 is 0 Å². The molecule has 0 aliphatic rings. The molecule has 0 atom stereocenters. The fourth-order valence-corrected chi connectivity index (χ4v) is 1.49. The Hall–Kier alpha value is -0.540. The summed E-state index contributed by atoms with van der Waals surface area (Å²) < 4.78 is 6.62. The molecule has 1 N–H and O–H groups in total. The molecular formula is C11H16BrNO. The minimum absolute atomic E-state index is 0.704. The third-order valence-electron chi connectivity index (χ3n) is 1.87. The van der Waals surface area contributed by atoms with Crippen LogP contribution in [0.25, 0.3) is 0 Å². The van der Waals surface area contributed by atoms with Gasteiger partial charge in [-0.15, -0.1) is 0 Å². The first-order valence-electron chi connectivity index (χ1n) is 4.83. The highest BCUT2D eigenvalue weighted by Crippen LogP contribution is 2.25. The van der Waals surface area contributed by atoms with E-state index in [9.17, 15) is 0 Å². The first-order valence-corrected chi connectivity index (χ1v) is 5.63. The number of benzene rings is 1. The second-order valence-corrected chi connectivity index (χ2v) is 3.99. The zero-order valence-corrected chi connectivity index (χ0v) is 10.2. The number of ether oxygens (including phenoxy) is 1. The molecule has 1 aromatic rings. The second kappa shape index (κ2) is 6.04. The molecule has 0 bridgehead atoms. The number of aryl methyl sites for hydroxylation is 1. The fourth-order valence-electron chi connectivity index (χ4n) is 1.13. The first-order chi connectivity index (χ1) is 6.74. The zero-order chi connectivity index (χ0) is 10.4. The highest BCUT2D eigenvalue weighted by atomic mass is 79.9. The first kappa shape index (κ1) is 11.5. The summed E-state index contributed by atoms with van der Waals surface area (Å²) in [6, 6.07) is 6.11. The predicted octanol–water partition coefficient (Wildman–Crippen LogP) is 2.75. The van der Waals surface area contributed by atoms with Crippen molar-refractivity contribution in [1.29, 1.82) is 0 Å². The fraction of sp³-hybridized carbons (Fsp3) is 0.455. The topological polar surface area (TPSA) is 21.3 Å². The highest BCUT2D eigenvalue weighted by Gasteiger charge is 2.00. The minimum atomic E-state index is 0.704. The molecule has 2 nitrogen and oxygen atoms in total. The van der Waals surface area contributed by atoms with Gasteiger partial charge in [0.15, 0.2) is 0 Å². The molecule has 0 unspecified atom stereocenters. The molecule has 1 aromatic carbocycles. The van der Waals surface area contributed by atoms with Crippen LogP contribution in [0.15, 0.2) is 22.7 Å². The van der Waals surface area contributed by atoms with E-state index >= 15 is 0 Å². The molecule has 14 heavy (non-hydrogen) atoms. The van der Waals surface area contributed by atoms with Crippen molar-refractivity contribution in [2.75, 3.05) is 19.7 Å². The van der Waals surface area contributed by atoms with Crippen LogP contribution in [0.2, 0.25) is 0 Å². The van der Waals surface area contributed by atoms with Crippen molar-refractivity contribution in [2.24, 2.45) is 0 Å². The summed E-state index contributed by atoms with van der Waals surface area (Å²) in [7, 11) is 0. The Bertz CT molecular complexity index is 289. The molecule has 3 heteroatoms. The van der Waals surface area contributed by atoms with Gasteiger partial charge in [-0.1, -0.05) is 13.0 Å². The molecule has 0 aromatic heterocycles. The molecule has 0 spiro atoms. The molecule has 0 aliphatic heterocycles. The summed E-state index contributed by atoms with van der Waals surface area (Å²) >= 11 is 3.45. The van der Waals surface area contributed by atoms with Gasteiger partial charge in [-0.05, 0) is 47.1 Å². The van der Waals surface area contributed by atoms with Gasteiger partial charge in [0, 0.05) is 6.54 Å². The van der Waals surface area contributed by atoms with E-state index in [1.54, 1.807) is 0 Å². The summed E-state index contributed by atoms with van der Waals surface area (Å²) in [5.74, 6) is 0.919. The van der Waals surface area contributed by atoms with Gasteiger partial charge >= 0.3 is 0 Å². The lowest BCUT2D eigenvalue weighted by molar-refractivity contribution is 0.313. The average molecular weight is 258 g/mol. The molecule has 0 fully saturated rings. The molecule has 78 valence electrons. The maximum Gasteiger partial charge on any atom is 0.133 e. The summed E-state index contributed by atoms with van der Waals surface area (Å²) in [5.41, 5.74) is 1.21. The smallest absolute Gasteiger partial charge is 0.133 e. The third kappa shape index (κ3) is 3.68. The Morgan fingerprint density at radius 3 is 2.93 bits per heavy atom. The Morgan fingerprint density at radius 2 is 2.21 bits per heavy atom. The van der Waals surface area contributed by atoms with E-state index in [-0.39, 0.29) is 0 Å². The van der Waals surface area contributed by atoms with Crippen molar-refractivity contribution in [3.63, 3.8) is 0 Å². The zero-order valence-electron chi connectivity index (χ0n) is 8.64. The van der Waals surface area contributed by atoms with E-state index in [1.165, 1.54) is 5.56 Å². The third-order valence-corrected chi connectivity index (χ3v) is 2.53. The summed E-state index contributed by atoms with van der Waals surface area (Å²) in [5, 5.41) is 3.21. The molecule has 1 rings (SSSR count). The van der Waals surface area contributed by atoms with E-state index in [0.717, 1.165) is 23.3 Å². The average Bonchev–Trinajstić information content (AvgIpc) is 2.18. The summed E-state index contributed by atoms with van der Waals surface area (Å²) in [4.78, 5) is 0. The van der Waals surface area contributed by atoms with E-state index in [1.807, 2.05) is 12.1 Å². The van der Waals surface area contributed by atoms with Crippen molar-refractivity contribution in [2.45, 2.75) is 13.8 Å². The van der Waals surface area contributed by atoms with E-state index in [2.05, 4.69) is 41.2 Å². The van der Waals surface area contributed by atoms with Crippen molar-refractivity contribution in [3.8, 4) is 5.75 Å². The lowest BCUT2D eigenvalue weighted by Gasteiger charge is -2.08. The summed E-state index contributed by atoms with van der Waals surface area (Å²) in [6.07, 6.45) is 0. The molecule has 0 saturated carbocycles. The number of nitrogens with one attached hydrogen (secondary N) is 1. The lowest BCUT2D eigenvalue weighted by atomic mass is 10.2. The van der Waals surface area contributed by atoms with Gasteiger partial charge in [0.05, 0.1) is 4.47 Å². The Kier molecular flexibility index (Phi) is 4.98. The monoisotopic (exact) mass is 257 g/mol. The van der Waals surface area contributed by atoms with Crippen LogP contribution < -0.4 is 10.1 Å². The lowest BCUT2D eigenvalue weighted by Crippen LogP contribution is -2.20. The van der Waals surface area contributed by atoms with Crippen LogP contribution in [0, 0.1) is 6.92 Å². The van der Waals surface area contributed by atoms with Gasteiger partial charge in [0.25, 0.3) is 0 Å². The molecule has 0 aliphatic carbocycles. The number of likely N-dealkylation sites (N-methyl/N-ethyl adjacent to an activating group) is 1. The second-order valence-electron chi connectivity index (χ2n) is 3.14. The standard InChI is InChI=1S/C11H16BrNO/c1-3-13-6-7-14-11-8-9(2)4-5-10(11)12/h4-5,8,13H,3,6-7H2,1-2H3. The van der Waals surface area contributed by atoms with Gasteiger partial charge in [-0.3, -0.25) is 0 Å². The van der Waals surface area contributed by atoms with Gasteiger partial charge in [-0.25, -0.2) is 0 Å². The van der Waals surface area contributed by atoms with Crippen LogP contribution in [-0.4, -0.2) is 19.7 Å². The molecule has 0 amide bonds. The van der Waals surface area contributed by atoms with Crippen LogP contribution in [0.1, 0.15) is 12.5 Å². The van der Waals surface area contributed by atoms with Crippen LogP contribution in [0.4, 0.5) is 0 Å². The van der Waals surface area contributed by atoms with Crippen molar-refractivity contribution >= 4 is 15.9 Å². The molecule has 0 saturated heterocycles. The van der Waals surface area contributed by atoms with Gasteiger partial charge in [-0.2, -0.15) is 0 Å². The normalized spacial score (nSPS) is 10.2. The minimum Gasteiger partial charge on any atom is -0.491 e. The van der Waals surface area contributed by atoms with Crippen LogP contribution in [0.5, 0.6) is 5.75 Å². The van der Waals surface area contributed by atoms with Crippen LogP contribution in [-0.2, 0) is 0 Å². The number of hydrogen-bond donors (Lipinski definition) is 1. The number of hydrogen-bond acceptors (Lipinski definition) is 2. The number of halogens is 1. The van der Waals surface area contributed by atoms with Gasteiger partial charge < -0.3 is 10.1 Å². The highest BCUT2D eigenvalue weighted by molar-refractivity contribution is 9.10. The SMILES string of the molecule is CCNCCOc1cc(C)ccc1Br. The Balaban J connectivity index is 2.45. The van der Waals surface area contributed by atoms with E-state index in [4.69, 9.17) is 4.74 Å².